The average Bonchev–Trinajstić information content (AvgIpc) is 2.50. The number of hydrogen-bond acceptors (Lipinski definition) is 7. The van der Waals surface area contributed by atoms with E-state index in [0.717, 1.165) is 0 Å². The Labute approximate surface area is 130 Å². The summed E-state index contributed by atoms with van der Waals surface area (Å²) in [4.78, 5) is 10.7. The zero-order valence-electron chi connectivity index (χ0n) is 12.5. The number of ether oxygens (including phenoxy) is 6. The van der Waals surface area contributed by atoms with Gasteiger partial charge in [-0.15, -0.1) is 11.6 Å². The Balaban J connectivity index is 2.98. The average molecular weight is 329 g/mol. The lowest BCUT2D eigenvalue weighted by Crippen LogP contribution is -2.15. The van der Waals surface area contributed by atoms with E-state index in [0.29, 0.717) is 65.3 Å². The van der Waals surface area contributed by atoms with Gasteiger partial charge in [0.25, 0.3) is 0 Å². The van der Waals surface area contributed by atoms with E-state index in [1.54, 1.807) is 0 Å². The van der Waals surface area contributed by atoms with Gasteiger partial charge in [-0.05, 0) is 0 Å². The summed E-state index contributed by atoms with van der Waals surface area (Å²) in [5.41, 5.74) is 0. The second-order valence-corrected chi connectivity index (χ2v) is 4.15. The molecule has 0 N–H and O–H groups in total. The molecule has 0 radical (unpaired) electrons. The Bertz CT molecular complexity index is 229. The third kappa shape index (κ3) is 17.5. The van der Waals surface area contributed by atoms with Gasteiger partial charge in [0.2, 0.25) is 0 Å². The highest BCUT2D eigenvalue weighted by Crippen LogP contribution is 1.85. The van der Waals surface area contributed by atoms with Crippen LogP contribution in [0.4, 0.5) is 0 Å². The predicted molar refractivity (Wildman–Crippen MR) is 76.8 cm³/mol. The van der Waals surface area contributed by atoms with E-state index in [9.17, 15) is 4.79 Å². The monoisotopic (exact) mass is 328 g/mol. The van der Waals surface area contributed by atoms with Gasteiger partial charge < -0.3 is 28.4 Å². The van der Waals surface area contributed by atoms with Crippen molar-refractivity contribution in [3.63, 3.8) is 0 Å². The number of esters is 1. The van der Waals surface area contributed by atoms with Crippen LogP contribution < -0.4 is 0 Å². The summed E-state index contributed by atoms with van der Waals surface area (Å²) in [6.07, 6.45) is 0. The Kier molecular flexibility index (Phi) is 17.2. The van der Waals surface area contributed by atoms with Gasteiger partial charge in [-0.25, -0.2) is 4.79 Å². The Morgan fingerprint density at radius 3 is 1.48 bits per heavy atom. The van der Waals surface area contributed by atoms with Crippen LogP contribution in [-0.4, -0.2) is 85.0 Å². The topological polar surface area (TPSA) is 72.5 Å². The first-order valence-electron chi connectivity index (χ1n) is 6.82. The molecule has 0 spiro atoms. The van der Waals surface area contributed by atoms with Crippen molar-refractivity contribution in [2.24, 2.45) is 0 Å². The van der Waals surface area contributed by atoms with Crippen LogP contribution in [0.5, 0.6) is 0 Å². The van der Waals surface area contributed by atoms with Crippen LogP contribution in [0, 0.1) is 0 Å². The van der Waals surface area contributed by atoms with E-state index < -0.39 is 5.97 Å². The molecule has 0 aliphatic carbocycles. The number of carbonyl (C=O) groups excluding carboxylic acids is 1. The van der Waals surface area contributed by atoms with Crippen molar-refractivity contribution in [1.82, 2.24) is 0 Å². The van der Waals surface area contributed by atoms with Gasteiger partial charge in [0.1, 0.15) is 6.61 Å². The lowest BCUT2D eigenvalue weighted by molar-refractivity contribution is -0.146. The molecule has 0 saturated carbocycles. The molecule has 0 unspecified atom stereocenters. The van der Waals surface area contributed by atoms with E-state index in [2.05, 4.69) is 4.74 Å². The molecule has 0 rings (SSSR count). The largest absolute Gasteiger partial charge is 0.467 e. The smallest absolute Gasteiger partial charge is 0.331 e. The lowest BCUT2D eigenvalue weighted by atomic mass is 10.7. The fourth-order valence-corrected chi connectivity index (χ4v) is 1.26. The highest BCUT2D eigenvalue weighted by molar-refractivity contribution is 6.17. The predicted octanol–water partition coefficient (Wildman–Crippen LogP) is 0.481. The van der Waals surface area contributed by atoms with Crippen molar-refractivity contribution < 1.29 is 33.2 Å². The van der Waals surface area contributed by atoms with Crippen LogP contribution in [0.15, 0.2) is 0 Å². The van der Waals surface area contributed by atoms with E-state index in [1.807, 2.05) is 0 Å². The maximum atomic E-state index is 10.7. The maximum absolute atomic E-state index is 10.7. The van der Waals surface area contributed by atoms with Gasteiger partial charge in [-0.1, -0.05) is 0 Å². The highest BCUT2D eigenvalue weighted by atomic mass is 35.5. The third-order valence-corrected chi connectivity index (χ3v) is 2.31. The molecule has 0 aliphatic heterocycles. The number of hydrogen-bond donors (Lipinski definition) is 0. The summed E-state index contributed by atoms with van der Waals surface area (Å²) in [6.45, 7) is 4.32. The van der Waals surface area contributed by atoms with Gasteiger partial charge in [0.15, 0.2) is 0 Å². The molecule has 7 nitrogen and oxygen atoms in total. The van der Waals surface area contributed by atoms with E-state index in [4.69, 9.17) is 35.3 Å². The van der Waals surface area contributed by atoms with Crippen LogP contribution in [0.3, 0.4) is 0 Å². The van der Waals surface area contributed by atoms with Gasteiger partial charge in [-0.3, -0.25) is 0 Å². The molecule has 0 atom stereocenters. The second kappa shape index (κ2) is 17.6. The minimum absolute atomic E-state index is 0.0533. The van der Waals surface area contributed by atoms with Crippen molar-refractivity contribution in [1.29, 1.82) is 0 Å². The highest BCUT2D eigenvalue weighted by Gasteiger charge is 1.98. The quantitative estimate of drug-likeness (QED) is 0.232. The van der Waals surface area contributed by atoms with Crippen molar-refractivity contribution in [3.05, 3.63) is 0 Å². The molecule has 0 saturated heterocycles. The van der Waals surface area contributed by atoms with Crippen molar-refractivity contribution in [2.45, 2.75) is 0 Å². The van der Waals surface area contributed by atoms with Crippen LogP contribution in [0.2, 0.25) is 0 Å². The molecule has 21 heavy (non-hydrogen) atoms. The first-order valence-corrected chi connectivity index (χ1v) is 7.36. The van der Waals surface area contributed by atoms with Gasteiger partial charge in [0.05, 0.1) is 66.6 Å². The molecule has 0 amide bonds. The summed E-state index contributed by atoms with van der Waals surface area (Å²) in [5, 5.41) is 0. The normalized spacial score (nSPS) is 10.8. The molecular formula is C13H25ClO7. The van der Waals surface area contributed by atoms with Gasteiger partial charge >= 0.3 is 5.97 Å². The van der Waals surface area contributed by atoms with Crippen LogP contribution in [0.25, 0.3) is 0 Å². The molecule has 0 aromatic rings. The fraction of sp³-hybridized carbons (Fsp3) is 0.923. The molecule has 0 aliphatic rings. The maximum Gasteiger partial charge on any atom is 0.331 e. The van der Waals surface area contributed by atoms with Crippen molar-refractivity contribution in [2.75, 3.05) is 79.1 Å². The Morgan fingerprint density at radius 2 is 1.10 bits per heavy atom. The lowest BCUT2D eigenvalue weighted by Gasteiger charge is -2.07. The molecule has 126 valence electrons. The number of methoxy groups -OCH3 is 1. The minimum atomic E-state index is -0.397. The van der Waals surface area contributed by atoms with Gasteiger partial charge in [-0.2, -0.15) is 0 Å². The Morgan fingerprint density at radius 1 is 0.714 bits per heavy atom. The minimum Gasteiger partial charge on any atom is -0.467 e. The molecule has 0 heterocycles. The fourth-order valence-electron chi connectivity index (χ4n) is 1.15. The summed E-state index contributed by atoms with van der Waals surface area (Å²) >= 11 is 5.45. The SMILES string of the molecule is COC(=O)COCCOCCOCCOCCOCCCl. The van der Waals surface area contributed by atoms with Crippen LogP contribution >= 0.6 is 11.6 Å². The summed E-state index contributed by atoms with van der Waals surface area (Å²) in [6, 6.07) is 0. The van der Waals surface area contributed by atoms with Gasteiger partial charge in [0, 0.05) is 5.88 Å². The first-order chi connectivity index (χ1) is 10.3. The standard InChI is InChI=1S/C13H25ClO7/c1-16-13(15)12-21-11-10-20-9-8-19-7-6-18-5-4-17-3-2-14/h2-12H2,1H3. The number of carbonyl (C=O) groups is 1. The molecule has 0 bridgehead atoms. The van der Waals surface area contributed by atoms with E-state index >= 15 is 0 Å². The van der Waals surface area contributed by atoms with Crippen molar-refractivity contribution in [3.8, 4) is 0 Å². The summed E-state index contributed by atoms with van der Waals surface area (Å²) in [5.74, 6) is 0.100. The van der Waals surface area contributed by atoms with Crippen molar-refractivity contribution >= 4 is 17.6 Å². The zero-order valence-corrected chi connectivity index (χ0v) is 13.3. The first kappa shape index (κ1) is 20.6. The van der Waals surface area contributed by atoms with Crippen LogP contribution in [-0.2, 0) is 33.2 Å². The third-order valence-electron chi connectivity index (χ3n) is 2.16. The van der Waals surface area contributed by atoms with E-state index in [-0.39, 0.29) is 6.61 Å². The Hall–Kier alpha value is -0.440. The molecule has 0 aromatic heterocycles. The van der Waals surface area contributed by atoms with Crippen LogP contribution in [0.1, 0.15) is 0 Å². The molecule has 8 heteroatoms. The van der Waals surface area contributed by atoms with E-state index in [1.165, 1.54) is 7.11 Å². The number of rotatable bonds is 16. The summed E-state index contributed by atoms with van der Waals surface area (Å²) in [7, 11) is 1.32. The summed E-state index contributed by atoms with van der Waals surface area (Å²) < 4.78 is 30.4. The molecule has 0 fully saturated rings. The number of halogens is 1. The number of alkyl halides is 1. The zero-order chi connectivity index (χ0) is 15.6. The second-order valence-electron chi connectivity index (χ2n) is 3.77. The molecular weight excluding hydrogens is 304 g/mol. The molecule has 0 aromatic carbocycles.